The van der Waals surface area contributed by atoms with Gasteiger partial charge in [0.25, 0.3) is 5.91 Å². The monoisotopic (exact) mass is 378 g/mol. The first-order valence-electron chi connectivity index (χ1n) is 9.36. The van der Waals surface area contributed by atoms with Gasteiger partial charge in [-0.15, -0.1) is 11.3 Å². The summed E-state index contributed by atoms with van der Waals surface area (Å²) in [6, 6.07) is 0.193. The Hall–Kier alpha value is -1.89. The summed E-state index contributed by atoms with van der Waals surface area (Å²) in [5, 5.41) is 3.30. The van der Waals surface area contributed by atoms with E-state index >= 15 is 0 Å². The highest BCUT2D eigenvalue weighted by atomic mass is 32.1. The topological polar surface area (TPSA) is 75.7 Å². The number of amides is 2. The van der Waals surface area contributed by atoms with Crippen LogP contribution in [0.1, 0.15) is 66.8 Å². The molecule has 0 saturated carbocycles. The first kappa shape index (κ1) is 18.9. The molecular weight excluding hydrogens is 352 g/mol. The number of nitrogens with one attached hydrogen (secondary N) is 1. The number of nitrogens with zero attached hydrogens (tertiary/aromatic N) is 1. The number of aryl methyl sites for hydroxylation is 1. The maximum Gasteiger partial charge on any atom is 0.341 e. The van der Waals surface area contributed by atoms with Crippen LogP contribution in [0.2, 0.25) is 0 Å². The van der Waals surface area contributed by atoms with Gasteiger partial charge in [-0.25, -0.2) is 4.79 Å². The van der Waals surface area contributed by atoms with Crippen LogP contribution in [-0.2, 0) is 27.2 Å². The van der Waals surface area contributed by atoms with E-state index in [0.29, 0.717) is 10.6 Å². The van der Waals surface area contributed by atoms with Crippen molar-refractivity contribution in [1.29, 1.82) is 0 Å². The van der Waals surface area contributed by atoms with Gasteiger partial charge in [0.05, 0.1) is 5.56 Å². The Balaban J connectivity index is 1.71. The standard InChI is InChI=1S/C19H26N2O4S/c1-12-7-5-6-10-21(12)16(23)11-25-19(24)17-14-8-3-4-9-15(14)26-18(17)20-13(2)22/h12H,3-11H2,1-2H3,(H,20,22). The van der Waals surface area contributed by atoms with Crippen molar-refractivity contribution in [1.82, 2.24) is 4.90 Å². The van der Waals surface area contributed by atoms with E-state index in [4.69, 9.17) is 4.74 Å². The third-order valence-corrected chi connectivity index (χ3v) is 6.32. The van der Waals surface area contributed by atoms with E-state index in [1.807, 2.05) is 6.92 Å². The van der Waals surface area contributed by atoms with E-state index in [1.165, 1.54) is 18.3 Å². The molecule has 2 heterocycles. The summed E-state index contributed by atoms with van der Waals surface area (Å²) < 4.78 is 5.36. The van der Waals surface area contributed by atoms with Crippen molar-refractivity contribution in [2.24, 2.45) is 0 Å². The van der Waals surface area contributed by atoms with Crippen molar-refractivity contribution in [3.63, 3.8) is 0 Å². The third kappa shape index (κ3) is 4.09. The first-order chi connectivity index (χ1) is 12.5. The number of fused-ring (bicyclic) bond motifs is 1. The predicted molar refractivity (Wildman–Crippen MR) is 101 cm³/mol. The van der Waals surface area contributed by atoms with Gasteiger partial charge in [-0.05, 0) is 57.4 Å². The fourth-order valence-electron chi connectivity index (χ4n) is 3.78. The van der Waals surface area contributed by atoms with E-state index < -0.39 is 5.97 Å². The predicted octanol–water partition coefficient (Wildman–Crippen LogP) is 3.14. The second kappa shape index (κ2) is 8.20. The van der Waals surface area contributed by atoms with Gasteiger partial charge < -0.3 is 15.0 Å². The minimum atomic E-state index is -0.508. The Kier molecular flexibility index (Phi) is 5.96. The van der Waals surface area contributed by atoms with E-state index in [9.17, 15) is 14.4 Å². The number of carbonyl (C=O) groups excluding carboxylic acids is 3. The van der Waals surface area contributed by atoms with Crippen LogP contribution in [0.4, 0.5) is 5.00 Å². The molecule has 2 amide bonds. The maximum atomic E-state index is 12.7. The molecule has 1 aromatic heterocycles. The van der Waals surface area contributed by atoms with Gasteiger partial charge in [-0.3, -0.25) is 9.59 Å². The summed E-state index contributed by atoms with van der Waals surface area (Å²) in [6.45, 7) is 3.94. The summed E-state index contributed by atoms with van der Waals surface area (Å²) in [4.78, 5) is 39.6. The van der Waals surface area contributed by atoms with E-state index in [1.54, 1.807) is 4.90 Å². The van der Waals surface area contributed by atoms with Crippen molar-refractivity contribution in [3.05, 3.63) is 16.0 Å². The fourth-order valence-corrected chi connectivity index (χ4v) is 5.10. The van der Waals surface area contributed by atoms with Gasteiger partial charge >= 0.3 is 5.97 Å². The lowest BCUT2D eigenvalue weighted by Crippen LogP contribution is -2.44. The molecule has 1 aliphatic carbocycles. The highest BCUT2D eigenvalue weighted by Gasteiger charge is 2.29. The summed E-state index contributed by atoms with van der Waals surface area (Å²) >= 11 is 1.45. The molecule has 0 radical (unpaired) electrons. The molecule has 1 aliphatic heterocycles. The number of anilines is 1. The molecule has 1 atom stereocenters. The minimum Gasteiger partial charge on any atom is -0.452 e. The molecule has 0 spiro atoms. The molecule has 1 fully saturated rings. The van der Waals surface area contributed by atoms with E-state index in [2.05, 4.69) is 5.32 Å². The molecule has 6 nitrogen and oxygen atoms in total. The quantitative estimate of drug-likeness (QED) is 0.817. The molecule has 26 heavy (non-hydrogen) atoms. The Morgan fingerprint density at radius 3 is 2.69 bits per heavy atom. The third-order valence-electron chi connectivity index (χ3n) is 5.12. The van der Waals surface area contributed by atoms with Gasteiger partial charge in [0.1, 0.15) is 5.00 Å². The summed E-state index contributed by atoms with van der Waals surface area (Å²) in [5.74, 6) is -0.863. The van der Waals surface area contributed by atoms with Crippen molar-refractivity contribution < 1.29 is 19.1 Å². The van der Waals surface area contributed by atoms with Gasteiger partial charge in [0, 0.05) is 24.4 Å². The first-order valence-corrected chi connectivity index (χ1v) is 10.2. The van der Waals surface area contributed by atoms with Crippen LogP contribution in [0.3, 0.4) is 0 Å². The van der Waals surface area contributed by atoms with Crippen LogP contribution < -0.4 is 5.32 Å². The maximum absolute atomic E-state index is 12.7. The number of likely N-dealkylation sites (tertiary alicyclic amines) is 1. The molecule has 142 valence electrons. The fraction of sp³-hybridized carbons (Fsp3) is 0.632. The number of thiophene rings is 1. The second-order valence-corrected chi connectivity index (χ2v) is 8.21. The van der Waals surface area contributed by atoms with Crippen LogP contribution in [0.25, 0.3) is 0 Å². The van der Waals surface area contributed by atoms with Crippen molar-refractivity contribution in [2.75, 3.05) is 18.5 Å². The molecule has 1 saturated heterocycles. The molecule has 0 aromatic carbocycles. The molecule has 2 aliphatic rings. The lowest BCUT2D eigenvalue weighted by molar-refractivity contribution is -0.137. The number of piperidine rings is 1. The number of carbonyl (C=O) groups is 3. The van der Waals surface area contributed by atoms with Gasteiger partial charge in [-0.2, -0.15) is 0 Å². The molecule has 1 unspecified atom stereocenters. The highest BCUT2D eigenvalue weighted by molar-refractivity contribution is 7.17. The number of ether oxygens (including phenoxy) is 1. The summed E-state index contributed by atoms with van der Waals surface area (Å²) in [6.07, 6.45) is 6.96. The van der Waals surface area contributed by atoms with Crippen LogP contribution in [0.5, 0.6) is 0 Å². The summed E-state index contributed by atoms with van der Waals surface area (Å²) in [7, 11) is 0. The molecule has 1 aromatic rings. The molecule has 7 heteroatoms. The van der Waals surface area contributed by atoms with Crippen LogP contribution in [-0.4, -0.2) is 41.9 Å². The second-order valence-electron chi connectivity index (χ2n) is 7.10. The lowest BCUT2D eigenvalue weighted by Gasteiger charge is -2.33. The van der Waals surface area contributed by atoms with Gasteiger partial charge in [0.2, 0.25) is 5.91 Å². The van der Waals surface area contributed by atoms with Gasteiger partial charge in [0.15, 0.2) is 6.61 Å². The number of rotatable bonds is 4. The van der Waals surface area contributed by atoms with Gasteiger partial charge in [-0.1, -0.05) is 0 Å². The Labute approximate surface area is 157 Å². The molecule has 1 N–H and O–H groups in total. The Bertz CT molecular complexity index is 713. The Morgan fingerprint density at radius 2 is 1.96 bits per heavy atom. The molecule has 0 bridgehead atoms. The zero-order valence-corrected chi connectivity index (χ0v) is 16.2. The number of hydrogen-bond acceptors (Lipinski definition) is 5. The van der Waals surface area contributed by atoms with Crippen molar-refractivity contribution in [3.8, 4) is 0 Å². The van der Waals surface area contributed by atoms with Crippen molar-refractivity contribution >= 4 is 34.1 Å². The highest BCUT2D eigenvalue weighted by Crippen LogP contribution is 2.38. The number of hydrogen-bond donors (Lipinski definition) is 1. The smallest absolute Gasteiger partial charge is 0.341 e. The average Bonchev–Trinajstić information content (AvgIpc) is 2.96. The normalized spacial score (nSPS) is 19.6. The SMILES string of the molecule is CC(=O)Nc1sc2c(c1C(=O)OCC(=O)N1CCCCC1C)CCCC2. The van der Waals surface area contributed by atoms with E-state index in [-0.39, 0.29) is 24.5 Å². The van der Waals surface area contributed by atoms with Crippen LogP contribution >= 0.6 is 11.3 Å². The largest absolute Gasteiger partial charge is 0.452 e. The Morgan fingerprint density at radius 1 is 1.19 bits per heavy atom. The van der Waals surface area contributed by atoms with Crippen LogP contribution in [0, 0.1) is 0 Å². The summed E-state index contributed by atoms with van der Waals surface area (Å²) in [5.41, 5.74) is 1.42. The zero-order chi connectivity index (χ0) is 18.7. The molecule has 3 rings (SSSR count). The average molecular weight is 378 g/mol. The molecular formula is C19H26N2O4S. The minimum absolute atomic E-state index is 0.143. The van der Waals surface area contributed by atoms with E-state index in [0.717, 1.165) is 61.9 Å². The van der Waals surface area contributed by atoms with Crippen molar-refractivity contribution in [2.45, 2.75) is 64.8 Å². The lowest BCUT2D eigenvalue weighted by atomic mass is 9.95. The van der Waals surface area contributed by atoms with Crippen LogP contribution in [0.15, 0.2) is 0 Å². The zero-order valence-electron chi connectivity index (χ0n) is 15.4. The number of esters is 1.